The second kappa shape index (κ2) is 6.51. The highest BCUT2D eigenvalue weighted by molar-refractivity contribution is 7.98. The number of rotatable bonds is 3. The van der Waals surface area contributed by atoms with E-state index in [2.05, 4.69) is 20.4 Å². The molecule has 1 aliphatic rings. The molecule has 2 heterocycles. The number of aromatic nitrogens is 2. The van der Waals surface area contributed by atoms with Gasteiger partial charge in [-0.25, -0.2) is 4.79 Å². The molecule has 21 heavy (non-hydrogen) atoms. The Balaban J connectivity index is 1.86. The third-order valence-electron chi connectivity index (χ3n) is 3.07. The summed E-state index contributed by atoms with van der Waals surface area (Å²) in [7, 11) is 0. The summed E-state index contributed by atoms with van der Waals surface area (Å²) in [5.41, 5.74) is -0.471. The van der Waals surface area contributed by atoms with Crippen LogP contribution in [0.5, 0.6) is 0 Å². The number of anilines is 1. The topological polar surface area (TPSA) is 67.4 Å². The van der Waals surface area contributed by atoms with Gasteiger partial charge in [-0.15, -0.1) is 22.0 Å². The van der Waals surface area contributed by atoms with Crippen LogP contribution in [0.1, 0.15) is 27.2 Å². The molecule has 1 aromatic heterocycles. The summed E-state index contributed by atoms with van der Waals surface area (Å²) < 4.78 is 5.27. The van der Waals surface area contributed by atoms with Gasteiger partial charge in [0.25, 0.3) is 0 Å². The normalized spacial score (nSPS) is 18.7. The molecule has 0 saturated carbocycles. The summed E-state index contributed by atoms with van der Waals surface area (Å²) in [6.07, 6.45) is 2.49. The first-order valence-corrected chi connectivity index (χ1v) is 8.22. The van der Waals surface area contributed by atoms with E-state index in [1.165, 1.54) is 0 Å². The van der Waals surface area contributed by atoms with E-state index in [4.69, 9.17) is 4.74 Å². The number of amides is 1. The highest BCUT2D eigenvalue weighted by Gasteiger charge is 2.26. The number of nitrogens with one attached hydrogen (secondary N) is 1. The van der Waals surface area contributed by atoms with Crippen LogP contribution in [0.3, 0.4) is 0 Å². The lowest BCUT2D eigenvalue weighted by Gasteiger charge is -2.22. The zero-order chi connectivity index (χ0) is 15.5. The molecule has 1 aliphatic heterocycles. The number of carbonyl (C=O) groups excluding carboxylic acids is 1. The summed E-state index contributed by atoms with van der Waals surface area (Å²) in [5.74, 6) is 0.848. The molecule has 0 unspecified atom stereocenters. The second-order valence-corrected chi connectivity index (χ2v) is 6.84. The van der Waals surface area contributed by atoms with Gasteiger partial charge in [0.2, 0.25) is 0 Å². The molecule has 1 saturated heterocycles. The van der Waals surface area contributed by atoms with Crippen molar-refractivity contribution >= 4 is 23.7 Å². The van der Waals surface area contributed by atoms with Gasteiger partial charge < -0.3 is 15.0 Å². The molecule has 2 rings (SSSR count). The summed E-state index contributed by atoms with van der Waals surface area (Å²) >= 11 is 1.57. The first kappa shape index (κ1) is 15.9. The summed E-state index contributed by atoms with van der Waals surface area (Å²) in [6, 6.07) is 4.01. The predicted molar refractivity (Wildman–Crippen MR) is 83.8 cm³/mol. The van der Waals surface area contributed by atoms with Crippen LogP contribution < -0.4 is 10.2 Å². The van der Waals surface area contributed by atoms with E-state index in [-0.39, 0.29) is 12.1 Å². The number of thioether (sulfide) groups is 1. The minimum Gasteiger partial charge on any atom is -0.444 e. The molecular formula is C14H22N4O2S. The number of ether oxygens (including phenoxy) is 1. The third-order valence-corrected chi connectivity index (χ3v) is 3.70. The zero-order valence-electron chi connectivity index (χ0n) is 12.9. The molecule has 1 aromatic rings. The zero-order valence-corrected chi connectivity index (χ0v) is 13.7. The van der Waals surface area contributed by atoms with Gasteiger partial charge in [-0.3, -0.25) is 0 Å². The minimum absolute atomic E-state index is 0.0851. The second-order valence-electron chi connectivity index (χ2n) is 6.01. The van der Waals surface area contributed by atoms with E-state index in [1.54, 1.807) is 11.8 Å². The third kappa shape index (κ3) is 4.77. The molecule has 0 aromatic carbocycles. The summed E-state index contributed by atoms with van der Waals surface area (Å²) in [4.78, 5) is 13.9. The Kier molecular flexibility index (Phi) is 4.92. The highest BCUT2D eigenvalue weighted by atomic mass is 32.2. The Labute approximate surface area is 129 Å². The predicted octanol–water partition coefficient (Wildman–Crippen LogP) is 2.30. The Morgan fingerprint density at radius 3 is 2.76 bits per heavy atom. The maximum Gasteiger partial charge on any atom is 0.407 e. The van der Waals surface area contributed by atoms with Crippen molar-refractivity contribution < 1.29 is 9.53 Å². The van der Waals surface area contributed by atoms with E-state index in [0.717, 1.165) is 30.4 Å². The van der Waals surface area contributed by atoms with E-state index < -0.39 is 5.60 Å². The number of hydrogen-bond donors (Lipinski definition) is 1. The number of nitrogens with zero attached hydrogens (tertiary/aromatic N) is 3. The lowest BCUT2D eigenvalue weighted by molar-refractivity contribution is 0.0509. The largest absolute Gasteiger partial charge is 0.444 e. The Morgan fingerprint density at radius 1 is 1.43 bits per heavy atom. The van der Waals surface area contributed by atoms with Gasteiger partial charge in [0.15, 0.2) is 5.82 Å². The summed E-state index contributed by atoms with van der Waals surface area (Å²) in [5, 5.41) is 12.2. The van der Waals surface area contributed by atoms with Crippen molar-refractivity contribution in [2.24, 2.45) is 0 Å². The van der Waals surface area contributed by atoms with E-state index >= 15 is 0 Å². The van der Waals surface area contributed by atoms with Crippen LogP contribution in [0.25, 0.3) is 0 Å². The molecular weight excluding hydrogens is 288 g/mol. The quantitative estimate of drug-likeness (QED) is 0.864. The molecule has 0 aliphatic carbocycles. The van der Waals surface area contributed by atoms with Crippen LogP contribution in [-0.4, -0.2) is 47.3 Å². The standard InChI is InChI=1S/C14H22N4O2S/c1-14(2,3)20-13(19)15-10-7-8-18(9-10)11-5-6-12(21-4)17-16-11/h5-6,10H,7-9H2,1-4H3,(H,15,19)/t10-/m1/s1. The number of hydrogen-bond acceptors (Lipinski definition) is 6. The van der Waals surface area contributed by atoms with Crippen LogP contribution in [0.15, 0.2) is 17.2 Å². The molecule has 0 bridgehead atoms. The Hall–Kier alpha value is -1.50. The smallest absolute Gasteiger partial charge is 0.407 e. The van der Waals surface area contributed by atoms with E-state index in [9.17, 15) is 4.79 Å². The van der Waals surface area contributed by atoms with Gasteiger partial charge in [0, 0.05) is 13.1 Å². The Bertz CT molecular complexity index is 487. The van der Waals surface area contributed by atoms with E-state index in [0.29, 0.717) is 0 Å². The highest BCUT2D eigenvalue weighted by Crippen LogP contribution is 2.19. The molecule has 6 nitrogen and oxygen atoms in total. The lowest BCUT2D eigenvalue weighted by atomic mass is 10.2. The van der Waals surface area contributed by atoms with Crippen LogP contribution in [-0.2, 0) is 4.74 Å². The molecule has 7 heteroatoms. The lowest BCUT2D eigenvalue weighted by Crippen LogP contribution is -2.40. The maximum atomic E-state index is 11.8. The maximum absolute atomic E-state index is 11.8. The molecule has 1 amide bonds. The van der Waals surface area contributed by atoms with Crippen molar-refractivity contribution in [2.75, 3.05) is 24.2 Å². The van der Waals surface area contributed by atoms with Crippen LogP contribution >= 0.6 is 11.8 Å². The fourth-order valence-corrected chi connectivity index (χ4v) is 2.48. The van der Waals surface area contributed by atoms with Crippen molar-refractivity contribution in [3.8, 4) is 0 Å². The molecule has 1 fully saturated rings. The first-order chi connectivity index (χ1) is 9.87. The van der Waals surface area contributed by atoms with Crippen LogP contribution in [0, 0.1) is 0 Å². The van der Waals surface area contributed by atoms with Gasteiger partial charge in [-0.1, -0.05) is 0 Å². The molecule has 1 atom stereocenters. The monoisotopic (exact) mass is 310 g/mol. The van der Waals surface area contributed by atoms with Gasteiger partial charge in [0.05, 0.1) is 6.04 Å². The van der Waals surface area contributed by atoms with Crippen LogP contribution in [0.2, 0.25) is 0 Å². The fraction of sp³-hybridized carbons (Fsp3) is 0.643. The molecule has 0 radical (unpaired) electrons. The first-order valence-electron chi connectivity index (χ1n) is 6.99. The molecule has 0 spiro atoms. The van der Waals surface area contributed by atoms with Crippen LogP contribution in [0.4, 0.5) is 10.6 Å². The number of carbonyl (C=O) groups is 1. The SMILES string of the molecule is CSc1ccc(N2CC[C@@H](NC(=O)OC(C)(C)C)C2)nn1. The van der Waals surface area contributed by atoms with Gasteiger partial charge in [-0.05, 0) is 45.6 Å². The average Bonchev–Trinajstić information content (AvgIpc) is 2.85. The van der Waals surface area contributed by atoms with Gasteiger partial charge >= 0.3 is 6.09 Å². The van der Waals surface area contributed by atoms with Crippen molar-refractivity contribution in [3.63, 3.8) is 0 Å². The van der Waals surface area contributed by atoms with Crippen molar-refractivity contribution in [1.82, 2.24) is 15.5 Å². The van der Waals surface area contributed by atoms with E-state index in [1.807, 2.05) is 39.2 Å². The average molecular weight is 310 g/mol. The minimum atomic E-state index is -0.471. The van der Waals surface area contributed by atoms with Crippen molar-refractivity contribution in [3.05, 3.63) is 12.1 Å². The molecule has 1 N–H and O–H groups in total. The Morgan fingerprint density at radius 2 is 2.19 bits per heavy atom. The fourth-order valence-electron chi connectivity index (χ4n) is 2.15. The van der Waals surface area contributed by atoms with Crippen molar-refractivity contribution in [1.29, 1.82) is 0 Å². The number of alkyl carbamates (subject to hydrolysis) is 1. The van der Waals surface area contributed by atoms with Crippen molar-refractivity contribution in [2.45, 2.75) is 43.9 Å². The van der Waals surface area contributed by atoms with Gasteiger partial charge in [-0.2, -0.15) is 0 Å². The summed E-state index contributed by atoms with van der Waals surface area (Å²) in [6.45, 7) is 7.16. The molecule has 116 valence electrons. The van der Waals surface area contributed by atoms with Gasteiger partial charge in [0.1, 0.15) is 10.6 Å².